The Morgan fingerprint density at radius 2 is 1.08 bits per heavy atom. The maximum absolute atomic E-state index is 14.6. The molecule has 24 nitrogen and oxygen atoms in total. The first kappa shape index (κ1) is 79.3. The zero-order valence-corrected chi connectivity index (χ0v) is 55.7. The lowest BCUT2D eigenvalue weighted by atomic mass is 9.92. The zero-order valence-electron chi connectivity index (χ0n) is 55.7. The van der Waals surface area contributed by atoms with Crippen molar-refractivity contribution in [1.29, 1.82) is 0 Å². The van der Waals surface area contributed by atoms with Crippen molar-refractivity contribution >= 4 is 64.9 Å². The van der Waals surface area contributed by atoms with Crippen LogP contribution in [0.1, 0.15) is 220 Å². The molecule has 0 unspecified atom stereocenters. The summed E-state index contributed by atoms with van der Waals surface area (Å²) in [4.78, 5) is 152. The standard InChI is InChI=1S/C63H115N11O13/c1-17-20-21-22-25-41(8)35-48(54(81)67-47(33-40(6)7)55(82)71-61(11,12)58(85)69-46(32-39(4)5)53(80)65-28-27-51(78)66-43(10)38-64-29-31-75)70-59(86)62(13,14)73-60(87)63(15,16)72-56(83)49(36-42(9)34-45(77)37-44(76)19-3)68-57(84)50-26-23-30-74(50)52(79)24-18-2/h39-43,45-50,64,75,77H,17-38H2,1-16H3,(H,65,80)(H,66,78)(H,67,81)(H,68,84)(H,69,85)(H,70,86)(H,71,82)(H,72,83)(H,73,87)/t41-,42-,43+,45+,46+,47+,48+,49+,50+/m1/s1. The molecule has 1 aliphatic heterocycles. The Kier molecular flexibility index (Phi) is 35.8. The largest absolute Gasteiger partial charge is 0.395 e. The summed E-state index contributed by atoms with van der Waals surface area (Å²) in [6, 6.07) is -5.68. The van der Waals surface area contributed by atoms with E-state index in [0.29, 0.717) is 38.9 Å². The van der Waals surface area contributed by atoms with Gasteiger partial charge in [-0.25, -0.2) is 0 Å². The van der Waals surface area contributed by atoms with E-state index in [-0.39, 0.29) is 112 Å². The summed E-state index contributed by atoms with van der Waals surface area (Å²) in [6.07, 6.45) is 6.33. The number of carbonyl (C=O) groups is 11. The van der Waals surface area contributed by atoms with Gasteiger partial charge in [0.25, 0.3) is 0 Å². The average Bonchev–Trinajstić information content (AvgIpc) is 3.31. The molecular formula is C63H115N11O13. The highest BCUT2D eigenvalue weighted by molar-refractivity contribution is 6.00. The Bertz CT molecular complexity index is 2240. The first-order valence-corrected chi connectivity index (χ1v) is 32.1. The molecular weight excluding hydrogens is 1120 g/mol. The third-order valence-electron chi connectivity index (χ3n) is 15.4. The third-order valence-corrected chi connectivity index (χ3v) is 15.4. The number of ketones is 1. The van der Waals surface area contributed by atoms with E-state index in [9.17, 15) is 57.8 Å². The number of likely N-dealkylation sites (tertiary alicyclic amines) is 1. The van der Waals surface area contributed by atoms with E-state index in [4.69, 9.17) is 5.11 Å². The van der Waals surface area contributed by atoms with Crippen LogP contribution in [0.2, 0.25) is 0 Å². The van der Waals surface area contributed by atoms with Crippen LogP contribution in [-0.2, 0) is 52.7 Å². The minimum Gasteiger partial charge on any atom is -0.395 e. The van der Waals surface area contributed by atoms with Crippen molar-refractivity contribution in [3.05, 3.63) is 0 Å². The molecule has 500 valence electrons. The predicted octanol–water partition coefficient (Wildman–Crippen LogP) is 3.23. The van der Waals surface area contributed by atoms with Crippen molar-refractivity contribution in [2.75, 3.05) is 32.8 Å². The first-order valence-electron chi connectivity index (χ1n) is 32.1. The van der Waals surface area contributed by atoms with Crippen molar-refractivity contribution in [1.82, 2.24) is 58.1 Å². The lowest BCUT2D eigenvalue weighted by Gasteiger charge is -2.35. The second kappa shape index (κ2) is 39.3. The third kappa shape index (κ3) is 30.3. The molecule has 87 heavy (non-hydrogen) atoms. The van der Waals surface area contributed by atoms with Crippen LogP contribution < -0.4 is 53.2 Å². The Balaban J connectivity index is 3.42. The van der Waals surface area contributed by atoms with Crippen LogP contribution in [0.15, 0.2) is 0 Å². The zero-order chi connectivity index (χ0) is 66.4. The van der Waals surface area contributed by atoms with Gasteiger partial charge in [-0.1, -0.05) is 94.4 Å². The van der Waals surface area contributed by atoms with Gasteiger partial charge in [-0.05, 0) is 124 Å². The first-order chi connectivity index (χ1) is 40.5. The second-order valence-electron chi connectivity index (χ2n) is 26.7. The van der Waals surface area contributed by atoms with E-state index < -0.39 is 106 Å². The van der Waals surface area contributed by atoms with Gasteiger partial charge in [0.05, 0.1) is 12.7 Å². The molecule has 0 spiro atoms. The van der Waals surface area contributed by atoms with Gasteiger partial charge in [-0.3, -0.25) is 52.7 Å². The fourth-order valence-electron chi connectivity index (χ4n) is 10.3. The summed E-state index contributed by atoms with van der Waals surface area (Å²) in [6.45, 7) is 28.5. The maximum Gasteiger partial charge on any atom is 0.246 e. The number of aliphatic hydroxyl groups excluding tert-OH is 2. The molecule has 24 heteroatoms. The van der Waals surface area contributed by atoms with Crippen molar-refractivity contribution in [2.24, 2.45) is 23.7 Å². The highest BCUT2D eigenvalue weighted by atomic mass is 16.3. The normalized spacial score (nSPS) is 16.5. The quantitative estimate of drug-likeness (QED) is 0.0390. The van der Waals surface area contributed by atoms with E-state index >= 15 is 0 Å². The van der Waals surface area contributed by atoms with Crippen molar-refractivity contribution in [2.45, 2.75) is 279 Å². The number of aliphatic hydroxyl groups is 2. The highest BCUT2D eigenvalue weighted by Crippen LogP contribution is 2.23. The molecule has 12 N–H and O–H groups in total. The number of carbonyl (C=O) groups excluding carboxylic acids is 11. The molecule has 1 rings (SSSR count). The molecule has 1 aliphatic rings. The van der Waals surface area contributed by atoms with E-state index in [1.807, 2.05) is 41.5 Å². The maximum atomic E-state index is 14.6. The van der Waals surface area contributed by atoms with Gasteiger partial charge >= 0.3 is 0 Å². The van der Waals surface area contributed by atoms with E-state index in [1.54, 1.807) is 20.8 Å². The van der Waals surface area contributed by atoms with Crippen LogP contribution in [0.25, 0.3) is 0 Å². The molecule has 0 radical (unpaired) electrons. The topological polar surface area (TPSA) is 352 Å². The van der Waals surface area contributed by atoms with Gasteiger partial charge in [-0.2, -0.15) is 0 Å². The Hall–Kier alpha value is -5.75. The van der Waals surface area contributed by atoms with Crippen molar-refractivity contribution in [3.63, 3.8) is 0 Å². The number of nitrogens with one attached hydrogen (secondary N) is 10. The summed E-state index contributed by atoms with van der Waals surface area (Å²) in [5.74, 6) is -6.63. The Morgan fingerprint density at radius 3 is 1.62 bits per heavy atom. The average molecular weight is 1230 g/mol. The van der Waals surface area contributed by atoms with Crippen LogP contribution in [0.5, 0.6) is 0 Å². The molecule has 0 bridgehead atoms. The Labute approximate surface area is 519 Å². The number of rotatable bonds is 43. The van der Waals surface area contributed by atoms with Crippen LogP contribution >= 0.6 is 0 Å². The van der Waals surface area contributed by atoms with E-state index in [2.05, 4.69) is 60.1 Å². The van der Waals surface area contributed by atoms with E-state index in [1.165, 1.54) is 46.4 Å². The fraction of sp³-hybridized carbons (Fsp3) is 0.825. The van der Waals surface area contributed by atoms with E-state index in [0.717, 1.165) is 32.1 Å². The molecule has 9 atom stereocenters. The van der Waals surface area contributed by atoms with Crippen LogP contribution in [0.3, 0.4) is 0 Å². The number of amides is 10. The smallest absolute Gasteiger partial charge is 0.246 e. The number of unbranched alkanes of at least 4 members (excludes halogenated alkanes) is 3. The monoisotopic (exact) mass is 1230 g/mol. The van der Waals surface area contributed by atoms with Gasteiger partial charge in [-0.15, -0.1) is 0 Å². The molecule has 1 saturated heterocycles. The lowest BCUT2D eigenvalue weighted by Crippen LogP contribution is -2.66. The SMILES string of the molecule is CCCCCC[C@@H](C)C[C@H](NC(=O)C(C)(C)NC(=O)C(C)(C)NC(=O)[C@H](C[C@H](C)C[C@H](O)CC(=O)CC)NC(=O)[C@@H]1CCCN1C(=O)CCC)C(=O)N[C@@H](CC(C)C)C(=O)NC(C)(C)C(=O)N[C@@H](CC(C)C)C(=O)NCCC(=O)N[C@@H](C)CNCCO. The van der Waals surface area contributed by atoms with Crippen LogP contribution in [-0.4, -0.2) is 172 Å². The highest BCUT2D eigenvalue weighted by Gasteiger charge is 2.42. The lowest BCUT2D eigenvalue weighted by molar-refractivity contribution is -0.141. The van der Waals surface area contributed by atoms with Crippen LogP contribution in [0, 0.1) is 23.7 Å². The molecule has 0 saturated carbocycles. The van der Waals surface area contributed by atoms with Gasteiger partial charge in [0.1, 0.15) is 52.6 Å². The van der Waals surface area contributed by atoms with Crippen molar-refractivity contribution in [3.8, 4) is 0 Å². The van der Waals surface area contributed by atoms with Gasteiger partial charge in [0.15, 0.2) is 0 Å². The summed E-state index contributed by atoms with van der Waals surface area (Å²) in [7, 11) is 0. The van der Waals surface area contributed by atoms with Crippen molar-refractivity contribution < 1.29 is 63.0 Å². The number of hydrogen-bond acceptors (Lipinski definition) is 14. The summed E-state index contributed by atoms with van der Waals surface area (Å²) in [5, 5.41) is 47.8. The fourth-order valence-corrected chi connectivity index (χ4v) is 10.3. The minimum absolute atomic E-state index is 0.000749. The molecule has 10 amide bonds. The van der Waals surface area contributed by atoms with Gasteiger partial charge < -0.3 is 68.3 Å². The molecule has 1 heterocycles. The summed E-state index contributed by atoms with van der Waals surface area (Å²) >= 11 is 0. The molecule has 1 fully saturated rings. The van der Waals surface area contributed by atoms with Crippen LogP contribution in [0.4, 0.5) is 0 Å². The second-order valence-corrected chi connectivity index (χ2v) is 26.7. The summed E-state index contributed by atoms with van der Waals surface area (Å²) in [5.41, 5.74) is -5.03. The minimum atomic E-state index is -1.71. The number of Topliss-reactive ketones (excluding diaryl/α,β-unsaturated/α-hetero) is 1. The number of hydrogen-bond donors (Lipinski definition) is 12. The summed E-state index contributed by atoms with van der Waals surface area (Å²) < 4.78 is 0. The van der Waals surface area contributed by atoms with Gasteiger partial charge in [0, 0.05) is 57.9 Å². The molecule has 0 aromatic carbocycles. The molecule has 0 aromatic heterocycles. The molecule has 0 aromatic rings. The van der Waals surface area contributed by atoms with Gasteiger partial charge in [0.2, 0.25) is 59.1 Å². The Morgan fingerprint density at radius 1 is 0.552 bits per heavy atom. The molecule has 0 aliphatic carbocycles. The predicted molar refractivity (Wildman–Crippen MR) is 335 cm³/mol. The number of nitrogens with zero attached hydrogens (tertiary/aromatic N) is 1.